The van der Waals surface area contributed by atoms with Crippen molar-refractivity contribution in [2.24, 2.45) is 0 Å². The van der Waals surface area contributed by atoms with Gasteiger partial charge in [-0.2, -0.15) is 0 Å². The summed E-state index contributed by atoms with van der Waals surface area (Å²) in [6, 6.07) is 13.1. The van der Waals surface area contributed by atoms with Crippen LogP contribution in [-0.4, -0.2) is 12.0 Å². The monoisotopic (exact) mass is 317 g/mol. The van der Waals surface area contributed by atoms with Crippen LogP contribution >= 0.6 is 11.6 Å². The molecule has 4 heteroatoms. The molecule has 0 saturated heterocycles. The molecule has 0 aliphatic rings. The number of carbonyl (C=O) groups is 1. The first kappa shape index (κ1) is 16.4. The molecule has 0 spiro atoms. The van der Waals surface area contributed by atoms with Gasteiger partial charge in [0, 0.05) is 5.69 Å². The number of para-hydroxylation sites is 1. The van der Waals surface area contributed by atoms with Gasteiger partial charge in [-0.25, -0.2) is 0 Å². The minimum Gasteiger partial charge on any atom is -0.479 e. The average molecular weight is 318 g/mol. The molecule has 2 aromatic carbocycles. The number of halogens is 1. The summed E-state index contributed by atoms with van der Waals surface area (Å²) < 4.78 is 5.74. The van der Waals surface area contributed by atoms with Gasteiger partial charge in [0.05, 0.1) is 5.02 Å². The molecule has 2 aromatic rings. The van der Waals surface area contributed by atoms with Crippen molar-refractivity contribution in [3.8, 4) is 5.75 Å². The van der Waals surface area contributed by atoms with Crippen LogP contribution in [0.3, 0.4) is 0 Å². The van der Waals surface area contributed by atoms with E-state index >= 15 is 0 Å². The van der Waals surface area contributed by atoms with Gasteiger partial charge in [-0.3, -0.25) is 4.79 Å². The molecule has 1 N–H and O–H groups in total. The second-order valence-electron chi connectivity index (χ2n) is 5.31. The summed E-state index contributed by atoms with van der Waals surface area (Å²) in [4.78, 5) is 12.4. The molecule has 1 unspecified atom stereocenters. The van der Waals surface area contributed by atoms with Crippen molar-refractivity contribution in [3.63, 3.8) is 0 Å². The fraction of sp³-hybridized carbons (Fsp3) is 0.278. The standard InChI is InChI=1S/C18H20ClNO2/c1-4-16(22-17-8-6-5-7-15(17)19)18(21)20-14-10-12(2)9-13(3)11-14/h5-11,16H,4H2,1-3H3,(H,20,21). The van der Waals surface area contributed by atoms with Crippen molar-refractivity contribution >= 4 is 23.2 Å². The number of rotatable bonds is 5. The summed E-state index contributed by atoms with van der Waals surface area (Å²) in [5.41, 5.74) is 2.99. The summed E-state index contributed by atoms with van der Waals surface area (Å²) in [5, 5.41) is 3.41. The first-order valence-corrected chi connectivity index (χ1v) is 7.67. The number of amides is 1. The van der Waals surface area contributed by atoms with E-state index in [0.717, 1.165) is 16.8 Å². The SMILES string of the molecule is CCC(Oc1ccccc1Cl)C(=O)Nc1cc(C)cc(C)c1. The second-order valence-corrected chi connectivity index (χ2v) is 5.72. The van der Waals surface area contributed by atoms with Crippen molar-refractivity contribution in [3.05, 3.63) is 58.6 Å². The lowest BCUT2D eigenvalue weighted by molar-refractivity contribution is -0.122. The number of benzene rings is 2. The lowest BCUT2D eigenvalue weighted by atomic mass is 10.1. The largest absolute Gasteiger partial charge is 0.479 e. The van der Waals surface area contributed by atoms with E-state index in [-0.39, 0.29) is 5.91 Å². The number of aryl methyl sites for hydroxylation is 2. The molecule has 0 heterocycles. The van der Waals surface area contributed by atoms with E-state index in [4.69, 9.17) is 16.3 Å². The highest BCUT2D eigenvalue weighted by molar-refractivity contribution is 6.32. The fourth-order valence-corrected chi connectivity index (χ4v) is 2.47. The van der Waals surface area contributed by atoms with Gasteiger partial charge in [0.1, 0.15) is 5.75 Å². The van der Waals surface area contributed by atoms with Crippen LogP contribution in [0.1, 0.15) is 24.5 Å². The maximum atomic E-state index is 12.4. The zero-order valence-electron chi connectivity index (χ0n) is 13.0. The van der Waals surface area contributed by atoms with Gasteiger partial charge in [-0.05, 0) is 55.7 Å². The Hall–Kier alpha value is -2.00. The van der Waals surface area contributed by atoms with Crippen LogP contribution in [0.25, 0.3) is 0 Å². The minimum absolute atomic E-state index is 0.174. The highest BCUT2D eigenvalue weighted by Crippen LogP contribution is 2.25. The van der Waals surface area contributed by atoms with Crippen LogP contribution in [-0.2, 0) is 4.79 Å². The maximum absolute atomic E-state index is 12.4. The van der Waals surface area contributed by atoms with Crippen LogP contribution in [0.2, 0.25) is 5.02 Å². The molecule has 0 bridgehead atoms. The summed E-state index contributed by atoms with van der Waals surface area (Å²) >= 11 is 6.08. The Morgan fingerprint density at radius 2 is 1.82 bits per heavy atom. The predicted octanol–water partition coefficient (Wildman–Crippen LogP) is 4.75. The Bertz CT molecular complexity index is 650. The molecule has 3 nitrogen and oxygen atoms in total. The summed E-state index contributed by atoms with van der Waals surface area (Å²) in [6.07, 6.45) is -0.0253. The Morgan fingerprint density at radius 1 is 1.18 bits per heavy atom. The summed E-state index contributed by atoms with van der Waals surface area (Å²) in [6.45, 7) is 5.91. The molecule has 0 aliphatic carbocycles. The number of hydrogen-bond acceptors (Lipinski definition) is 2. The lowest BCUT2D eigenvalue weighted by Crippen LogP contribution is -2.32. The van der Waals surface area contributed by atoms with Gasteiger partial charge in [0.25, 0.3) is 5.91 Å². The fourth-order valence-electron chi connectivity index (χ4n) is 2.29. The predicted molar refractivity (Wildman–Crippen MR) is 90.7 cm³/mol. The Kier molecular flexibility index (Phi) is 5.45. The van der Waals surface area contributed by atoms with E-state index < -0.39 is 6.10 Å². The molecule has 0 saturated carbocycles. The van der Waals surface area contributed by atoms with E-state index in [2.05, 4.69) is 11.4 Å². The van der Waals surface area contributed by atoms with Gasteiger partial charge in [0.15, 0.2) is 6.10 Å². The molecule has 0 aliphatic heterocycles. The molecule has 116 valence electrons. The topological polar surface area (TPSA) is 38.3 Å². The zero-order valence-corrected chi connectivity index (χ0v) is 13.8. The first-order valence-electron chi connectivity index (χ1n) is 7.30. The highest BCUT2D eigenvalue weighted by Gasteiger charge is 2.19. The normalized spacial score (nSPS) is 11.8. The first-order chi connectivity index (χ1) is 10.5. The smallest absolute Gasteiger partial charge is 0.265 e. The van der Waals surface area contributed by atoms with Crippen molar-refractivity contribution in [1.29, 1.82) is 0 Å². The molecule has 0 aromatic heterocycles. The van der Waals surface area contributed by atoms with Gasteiger partial charge in [-0.15, -0.1) is 0 Å². The van der Waals surface area contributed by atoms with E-state index in [1.165, 1.54) is 0 Å². The quantitative estimate of drug-likeness (QED) is 0.864. The molecule has 0 radical (unpaired) electrons. The molecule has 2 rings (SSSR count). The number of carbonyl (C=O) groups excluding carboxylic acids is 1. The number of nitrogens with one attached hydrogen (secondary N) is 1. The van der Waals surface area contributed by atoms with E-state index in [1.54, 1.807) is 12.1 Å². The number of anilines is 1. The molecule has 22 heavy (non-hydrogen) atoms. The summed E-state index contributed by atoms with van der Waals surface area (Å²) in [7, 11) is 0. The van der Waals surface area contributed by atoms with Gasteiger partial charge < -0.3 is 10.1 Å². The Labute approximate surface area is 136 Å². The highest BCUT2D eigenvalue weighted by atomic mass is 35.5. The van der Waals surface area contributed by atoms with Crippen LogP contribution in [0.5, 0.6) is 5.75 Å². The second kappa shape index (κ2) is 7.32. The Balaban J connectivity index is 2.10. The lowest BCUT2D eigenvalue weighted by Gasteiger charge is -2.18. The van der Waals surface area contributed by atoms with Crippen LogP contribution in [0.15, 0.2) is 42.5 Å². The van der Waals surface area contributed by atoms with Crippen LogP contribution in [0, 0.1) is 13.8 Å². The van der Waals surface area contributed by atoms with E-state index in [9.17, 15) is 4.79 Å². The van der Waals surface area contributed by atoms with Crippen molar-refractivity contribution in [2.45, 2.75) is 33.3 Å². The third kappa shape index (κ3) is 4.25. The molecule has 1 amide bonds. The van der Waals surface area contributed by atoms with Crippen LogP contribution < -0.4 is 10.1 Å². The van der Waals surface area contributed by atoms with E-state index in [0.29, 0.717) is 17.2 Å². The molecule has 1 atom stereocenters. The maximum Gasteiger partial charge on any atom is 0.265 e. The number of hydrogen-bond donors (Lipinski definition) is 1. The zero-order chi connectivity index (χ0) is 16.1. The Morgan fingerprint density at radius 3 is 2.41 bits per heavy atom. The van der Waals surface area contributed by atoms with Crippen LogP contribution in [0.4, 0.5) is 5.69 Å². The molecule has 0 fully saturated rings. The van der Waals surface area contributed by atoms with Crippen molar-refractivity contribution < 1.29 is 9.53 Å². The molecular weight excluding hydrogens is 298 g/mol. The average Bonchev–Trinajstić information content (AvgIpc) is 2.45. The van der Waals surface area contributed by atoms with Gasteiger partial charge in [-0.1, -0.05) is 36.7 Å². The van der Waals surface area contributed by atoms with Crippen molar-refractivity contribution in [2.75, 3.05) is 5.32 Å². The number of ether oxygens (including phenoxy) is 1. The van der Waals surface area contributed by atoms with Crippen molar-refractivity contribution in [1.82, 2.24) is 0 Å². The molecular formula is C18H20ClNO2. The van der Waals surface area contributed by atoms with E-state index in [1.807, 2.05) is 45.0 Å². The third-order valence-electron chi connectivity index (χ3n) is 3.26. The third-order valence-corrected chi connectivity index (χ3v) is 3.57. The van der Waals surface area contributed by atoms with Gasteiger partial charge in [0.2, 0.25) is 0 Å². The van der Waals surface area contributed by atoms with Gasteiger partial charge >= 0.3 is 0 Å². The minimum atomic E-state index is -0.583. The summed E-state index contributed by atoms with van der Waals surface area (Å²) in [5.74, 6) is 0.346.